The van der Waals surface area contributed by atoms with Gasteiger partial charge in [-0.3, -0.25) is 14.5 Å². The van der Waals surface area contributed by atoms with E-state index in [4.69, 9.17) is 16.3 Å². The Balaban J connectivity index is 1.49. The summed E-state index contributed by atoms with van der Waals surface area (Å²) in [7, 11) is 1.24. The molecule has 4 rings (SSSR count). The summed E-state index contributed by atoms with van der Waals surface area (Å²) in [4.78, 5) is 47.7. The zero-order valence-corrected chi connectivity index (χ0v) is 21.3. The van der Waals surface area contributed by atoms with Crippen LogP contribution in [0.5, 0.6) is 0 Å². The number of carbonyl (C=O) groups is 3. The van der Waals surface area contributed by atoms with Crippen LogP contribution in [0.3, 0.4) is 0 Å². The lowest BCUT2D eigenvalue weighted by Crippen LogP contribution is -2.71. The molecule has 2 aliphatic rings. The van der Waals surface area contributed by atoms with E-state index in [0.29, 0.717) is 23.0 Å². The average Bonchev–Trinajstić information content (AvgIpc) is 3.51. The van der Waals surface area contributed by atoms with Gasteiger partial charge in [0.05, 0.1) is 6.04 Å². The number of nitrogens with zero attached hydrogens (tertiary/aromatic N) is 8. The molecule has 16 nitrogen and oxygen atoms in total. The molecule has 0 aliphatic carbocycles. The highest BCUT2D eigenvalue weighted by atomic mass is 32.2. The van der Waals surface area contributed by atoms with E-state index in [1.54, 1.807) is 4.68 Å². The summed E-state index contributed by atoms with van der Waals surface area (Å²) in [5.41, 5.74) is 11.4. The SMILES string of the molecule is CON=C(C(=O)NC1C(=O)N2C(C(=O)O)=C(CSc3nnnn3C(C)CN)CS[C@H]12)c1nsc(N)n1. The van der Waals surface area contributed by atoms with Crippen molar-refractivity contribution in [2.45, 2.75) is 29.5 Å². The smallest absolute Gasteiger partial charge is 0.352 e. The zero-order chi connectivity index (χ0) is 26.0. The minimum absolute atomic E-state index is 0.0477. The van der Waals surface area contributed by atoms with Crippen LogP contribution >= 0.6 is 35.1 Å². The van der Waals surface area contributed by atoms with Gasteiger partial charge in [-0.15, -0.1) is 16.9 Å². The first-order chi connectivity index (χ1) is 17.3. The second kappa shape index (κ2) is 10.8. The fraction of sp³-hybridized carbons (Fsp3) is 0.471. The molecule has 36 heavy (non-hydrogen) atoms. The van der Waals surface area contributed by atoms with Crippen molar-refractivity contribution in [3.05, 3.63) is 17.1 Å². The minimum Gasteiger partial charge on any atom is -0.477 e. The van der Waals surface area contributed by atoms with Crippen LogP contribution in [0.1, 0.15) is 18.8 Å². The lowest BCUT2D eigenvalue weighted by atomic mass is 10.0. The van der Waals surface area contributed by atoms with E-state index in [-0.39, 0.29) is 34.2 Å². The first kappa shape index (κ1) is 25.8. The minimum atomic E-state index is -1.24. The first-order valence-electron chi connectivity index (χ1n) is 10.3. The number of oxime groups is 1. The number of fused-ring (bicyclic) bond motifs is 1. The molecule has 192 valence electrons. The number of carboxylic acid groups (broad SMARTS) is 1. The van der Waals surface area contributed by atoms with Gasteiger partial charge < -0.3 is 26.7 Å². The molecule has 2 aromatic rings. The highest BCUT2D eigenvalue weighted by Gasteiger charge is 2.54. The number of tetrazole rings is 1. The van der Waals surface area contributed by atoms with Crippen molar-refractivity contribution in [1.82, 2.24) is 39.8 Å². The Labute approximate surface area is 216 Å². The summed E-state index contributed by atoms with van der Waals surface area (Å²) in [6.07, 6.45) is 0. The van der Waals surface area contributed by atoms with Crippen molar-refractivity contribution in [2.24, 2.45) is 10.9 Å². The van der Waals surface area contributed by atoms with Crippen LogP contribution in [-0.4, -0.2) is 99.6 Å². The van der Waals surface area contributed by atoms with Gasteiger partial charge in [-0.25, -0.2) is 9.48 Å². The number of nitrogens with two attached hydrogens (primary N) is 2. The Kier molecular flexibility index (Phi) is 7.71. The second-order valence-electron chi connectivity index (χ2n) is 7.48. The van der Waals surface area contributed by atoms with Crippen LogP contribution in [0.25, 0.3) is 0 Å². The van der Waals surface area contributed by atoms with E-state index in [0.717, 1.165) is 11.5 Å². The molecule has 2 unspecified atom stereocenters. The number of thioether (sulfide) groups is 2. The number of aromatic nitrogens is 6. The second-order valence-corrected chi connectivity index (χ2v) is 10.3. The Morgan fingerprint density at radius 1 is 1.44 bits per heavy atom. The number of hydrogen-bond donors (Lipinski definition) is 4. The van der Waals surface area contributed by atoms with Crippen LogP contribution in [0.4, 0.5) is 5.13 Å². The summed E-state index contributed by atoms with van der Waals surface area (Å²) < 4.78 is 5.50. The van der Waals surface area contributed by atoms with Crippen molar-refractivity contribution in [1.29, 1.82) is 0 Å². The molecule has 0 aromatic carbocycles. The highest BCUT2D eigenvalue weighted by Crippen LogP contribution is 2.41. The topological polar surface area (TPSA) is 230 Å². The number of carboxylic acids is 1. The van der Waals surface area contributed by atoms with Crippen molar-refractivity contribution in [3.8, 4) is 0 Å². The largest absolute Gasteiger partial charge is 0.477 e. The predicted octanol–water partition coefficient (Wildman–Crippen LogP) is -1.49. The lowest BCUT2D eigenvalue weighted by molar-refractivity contribution is -0.150. The monoisotopic (exact) mass is 555 g/mol. The third-order valence-corrected chi connectivity index (χ3v) is 8.09. The lowest BCUT2D eigenvalue weighted by Gasteiger charge is -2.49. The molecule has 4 heterocycles. The number of nitrogen functional groups attached to an aromatic ring is 1. The van der Waals surface area contributed by atoms with Crippen molar-refractivity contribution in [3.63, 3.8) is 0 Å². The van der Waals surface area contributed by atoms with E-state index in [9.17, 15) is 19.5 Å². The third kappa shape index (κ3) is 4.86. The molecular weight excluding hydrogens is 534 g/mol. The fourth-order valence-electron chi connectivity index (χ4n) is 3.42. The van der Waals surface area contributed by atoms with Gasteiger partial charge in [-0.05, 0) is 22.9 Å². The Bertz CT molecular complexity index is 1240. The maximum absolute atomic E-state index is 13.0. The van der Waals surface area contributed by atoms with Crippen LogP contribution in [-0.2, 0) is 19.2 Å². The Hall–Kier alpha value is -3.29. The molecule has 2 aliphatic heterocycles. The Morgan fingerprint density at radius 2 is 2.22 bits per heavy atom. The van der Waals surface area contributed by atoms with Gasteiger partial charge in [-0.2, -0.15) is 9.36 Å². The van der Waals surface area contributed by atoms with E-state index in [1.807, 2.05) is 6.92 Å². The molecule has 0 saturated carbocycles. The van der Waals surface area contributed by atoms with Crippen molar-refractivity contribution < 1.29 is 24.3 Å². The molecule has 0 radical (unpaired) electrons. The fourth-order valence-corrected chi connectivity index (χ4v) is 6.31. The number of nitrogens with one attached hydrogen (secondary N) is 1. The van der Waals surface area contributed by atoms with E-state index < -0.39 is 29.2 Å². The van der Waals surface area contributed by atoms with Gasteiger partial charge in [0.25, 0.3) is 11.8 Å². The van der Waals surface area contributed by atoms with Gasteiger partial charge in [0.2, 0.25) is 16.7 Å². The molecule has 0 bridgehead atoms. The number of β-lactam (4-membered cyclic amide) rings is 1. The van der Waals surface area contributed by atoms with Crippen LogP contribution in [0.15, 0.2) is 21.6 Å². The van der Waals surface area contributed by atoms with Crippen molar-refractivity contribution >= 4 is 63.7 Å². The van der Waals surface area contributed by atoms with Gasteiger partial charge in [0.15, 0.2) is 5.13 Å². The molecule has 19 heteroatoms. The molecule has 0 spiro atoms. The van der Waals surface area contributed by atoms with Crippen molar-refractivity contribution in [2.75, 3.05) is 30.9 Å². The van der Waals surface area contributed by atoms with E-state index in [2.05, 4.69) is 35.4 Å². The van der Waals surface area contributed by atoms with Gasteiger partial charge >= 0.3 is 5.97 Å². The number of rotatable bonds is 10. The van der Waals surface area contributed by atoms with Gasteiger partial charge in [0, 0.05) is 29.6 Å². The molecular formula is C17H21N11O5S3. The molecule has 2 aromatic heterocycles. The number of amides is 2. The van der Waals surface area contributed by atoms with Gasteiger partial charge in [0.1, 0.15) is 24.2 Å². The zero-order valence-electron chi connectivity index (χ0n) is 18.9. The number of anilines is 1. The quantitative estimate of drug-likeness (QED) is 0.113. The maximum Gasteiger partial charge on any atom is 0.352 e. The summed E-state index contributed by atoms with van der Waals surface area (Å²) >= 11 is 3.45. The summed E-state index contributed by atoms with van der Waals surface area (Å²) in [5.74, 6) is -2.03. The number of carbonyl (C=O) groups excluding carboxylic acids is 2. The van der Waals surface area contributed by atoms with E-state index in [1.165, 1.54) is 35.5 Å². The first-order valence-corrected chi connectivity index (χ1v) is 13.1. The summed E-state index contributed by atoms with van der Waals surface area (Å²) in [6, 6.07) is -1.11. The van der Waals surface area contributed by atoms with E-state index >= 15 is 0 Å². The standard InChI is InChI=1S/C17H21N11O5S3/c1-6(3-18)28-17(22-25-26-28)35-5-7-4-34-14-9(13(30)27(14)10(7)15(31)32)20-12(29)8(23-33-2)11-21-16(19)36-24-11/h6,9,14H,3-5,18H2,1-2H3,(H,20,29)(H,31,32)(H2,19,21,24)/t6?,9?,14-/m1/s1. The molecule has 1 saturated heterocycles. The molecule has 2 amide bonds. The normalized spacial score (nSPS) is 20.6. The average molecular weight is 556 g/mol. The Morgan fingerprint density at radius 3 is 2.86 bits per heavy atom. The molecule has 3 atom stereocenters. The number of aliphatic carboxylic acids is 1. The molecule has 1 fully saturated rings. The van der Waals surface area contributed by atoms with Crippen LogP contribution < -0.4 is 16.8 Å². The maximum atomic E-state index is 13.0. The highest BCUT2D eigenvalue weighted by molar-refractivity contribution is 8.01. The predicted molar refractivity (Wildman–Crippen MR) is 130 cm³/mol. The van der Waals surface area contributed by atoms with Gasteiger partial charge in [-0.1, -0.05) is 16.9 Å². The summed E-state index contributed by atoms with van der Waals surface area (Å²) in [5, 5.41) is 27.7. The third-order valence-electron chi connectivity index (χ3n) is 5.18. The molecule has 6 N–H and O–H groups in total. The summed E-state index contributed by atoms with van der Waals surface area (Å²) in [6.45, 7) is 2.19. The van der Waals surface area contributed by atoms with Crippen LogP contribution in [0.2, 0.25) is 0 Å². The van der Waals surface area contributed by atoms with Crippen LogP contribution in [0, 0.1) is 0 Å². The number of hydrogen-bond acceptors (Lipinski definition) is 15.